The average Bonchev–Trinajstić information content (AvgIpc) is 2.98. The van der Waals surface area contributed by atoms with Gasteiger partial charge in [0.05, 0.1) is 0 Å². The number of nitrogens with zero attached hydrogens (tertiary/aromatic N) is 2. The molecule has 2 aromatic rings. The number of hydrogen-bond acceptors (Lipinski definition) is 4. The zero-order valence-corrected chi connectivity index (χ0v) is 11.8. The number of thiazole rings is 1. The summed E-state index contributed by atoms with van der Waals surface area (Å²) in [6, 6.07) is 9.68. The van der Waals surface area contributed by atoms with Crippen LogP contribution < -0.4 is 5.32 Å². The lowest BCUT2D eigenvalue weighted by atomic mass is 10.1. The zero-order chi connectivity index (χ0) is 14.4. The highest BCUT2D eigenvalue weighted by Gasteiger charge is 2.10. The predicted octanol–water partition coefficient (Wildman–Crippen LogP) is 3.25. The third-order valence-corrected chi connectivity index (χ3v) is 3.41. The summed E-state index contributed by atoms with van der Waals surface area (Å²) in [5.74, 6) is -0.443. The van der Waals surface area contributed by atoms with Crippen molar-refractivity contribution in [1.82, 2.24) is 4.98 Å². The van der Waals surface area contributed by atoms with Gasteiger partial charge in [-0.1, -0.05) is 31.2 Å². The highest BCUT2D eigenvalue weighted by atomic mass is 32.1. The number of benzene rings is 1. The maximum Gasteiger partial charge on any atom is 0.268 e. The molecule has 0 aliphatic carbocycles. The van der Waals surface area contributed by atoms with Gasteiger partial charge in [-0.05, 0) is 23.6 Å². The summed E-state index contributed by atoms with van der Waals surface area (Å²) in [6.07, 6.45) is 4.13. The van der Waals surface area contributed by atoms with E-state index in [0.29, 0.717) is 5.13 Å². The predicted molar refractivity (Wildman–Crippen MR) is 80.2 cm³/mol. The standard InChI is InChI=1S/C15H13N3OS/c1-2-11-3-5-12(6-4-11)9-13(10-16)14(19)18-15-17-7-8-20-15/h3-9H,2H2,1H3,(H,17,18,19)/b13-9+. The normalized spacial score (nSPS) is 10.9. The quantitative estimate of drug-likeness (QED) is 0.692. The summed E-state index contributed by atoms with van der Waals surface area (Å²) in [7, 11) is 0. The van der Waals surface area contributed by atoms with Gasteiger partial charge >= 0.3 is 0 Å². The van der Waals surface area contributed by atoms with Crippen molar-refractivity contribution in [2.45, 2.75) is 13.3 Å². The Balaban J connectivity index is 2.16. The zero-order valence-electron chi connectivity index (χ0n) is 11.0. The van der Waals surface area contributed by atoms with E-state index < -0.39 is 5.91 Å². The van der Waals surface area contributed by atoms with Gasteiger partial charge in [0.25, 0.3) is 5.91 Å². The van der Waals surface area contributed by atoms with Gasteiger partial charge in [0.2, 0.25) is 0 Å². The van der Waals surface area contributed by atoms with Crippen LogP contribution in [0.1, 0.15) is 18.1 Å². The average molecular weight is 283 g/mol. The summed E-state index contributed by atoms with van der Waals surface area (Å²) in [6.45, 7) is 2.08. The van der Waals surface area contributed by atoms with Crippen LogP contribution in [-0.4, -0.2) is 10.9 Å². The van der Waals surface area contributed by atoms with Crippen LogP contribution in [0.3, 0.4) is 0 Å². The maximum absolute atomic E-state index is 11.9. The Morgan fingerprint density at radius 3 is 2.75 bits per heavy atom. The second kappa shape index (κ2) is 6.64. The number of amides is 1. The Bertz CT molecular complexity index is 651. The van der Waals surface area contributed by atoms with E-state index >= 15 is 0 Å². The van der Waals surface area contributed by atoms with Gasteiger partial charge in [0.15, 0.2) is 5.13 Å². The molecule has 0 aliphatic rings. The lowest BCUT2D eigenvalue weighted by molar-refractivity contribution is -0.112. The van der Waals surface area contributed by atoms with E-state index in [4.69, 9.17) is 5.26 Å². The number of anilines is 1. The van der Waals surface area contributed by atoms with Crippen LogP contribution in [0.4, 0.5) is 5.13 Å². The molecule has 0 saturated carbocycles. The van der Waals surface area contributed by atoms with Crippen molar-refractivity contribution in [2.24, 2.45) is 0 Å². The van der Waals surface area contributed by atoms with Gasteiger partial charge in [-0.25, -0.2) is 4.98 Å². The Morgan fingerprint density at radius 2 is 2.20 bits per heavy atom. The van der Waals surface area contributed by atoms with Gasteiger partial charge in [0, 0.05) is 11.6 Å². The number of carbonyl (C=O) groups excluding carboxylic acids is 1. The fourth-order valence-electron chi connectivity index (χ4n) is 1.61. The molecule has 1 amide bonds. The molecule has 0 atom stereocenters. The third-order valence-electron chi connectivity index (χ3n) is 2.72. The minimum absolute atomic E-state index is 0.0597. The van der Waals surface area contributed by atoms with Crippen molar-refractivity contribution in [3.8, 4) is 6.07 Å². The number of rotatable bonds is 4. The topological polar surface area (TPSA) is 65.8 Å². The molecule has 4 nitrogen and oxygen atoms in total. The molecule has 1 heterocycles. The van der Waals surface area contributed by atoms with E-state index in [1.165, 1.54) is 16.9 Å². The number of nitriles is 1. The Morgan fingerprint density at radius 1 is 1.45 bits per heavy atom. The molecular formula is C15H13N3OS. The molecule has 5 heteroatoms. The molecule has 20 heavy (non-hydrogen) atoms. The van der Waals surface area contributed by atoms with Gasteiger partial charge < -0.3 is 0 Å². The lowest BCUT2D eigenvalue weighted by Crippen LogP contribution is -2.13. The fourth-order valence-corrected chi connectivity index (χ4v) is 2.14. The smallest absolute Gasteiger partial charge is 0.268 e. The first-order chi connectivity index (χ1) is 9.72. The highest BCUT2D eigenvalue weighted by molar-refractivity contribution is 7.13. The Hall–Kier alpha value is -2.45. The Labute approximate surface area is 121 Å². The van der Waals surface area contributed by atoms with Crippen LogP contribution in [0.5, 0.6) is 0 Å². The van der Waals surface area contributed by atoms with E-state index in [1.807, 2.05) is 30.3 Å². The largest absolute Gasteiger partial charge is 0.297 e. The molecule has 0 fully saturated rings. The molecule has 0 radical (unpaired) electrons. The molecular weight excluding hydrogens is 270 g/mol. The number of hydrogen-bond donors (Lipinski definition) is 1. The minimum Gasteiger partial charge on any atom is -0.297 e. The molecule has 100 valence electrons. The van der Waals surface area contributed by atoms with Gasteiger partial charge in [-0.3, -0.25) is 10.1 Å². The summed E-state index contributed by atoms with van der Waals surface area (Å²) >= 11 is 1.31. The van der Waals surface area contributed by atoms with Crippen molar-refractivity contribution < 1.29 is 4.79 Å². The van der Waals surface area contributed by atoms with E-state index in [0.717, 1.165) is 12.0 Å². The maximum atomic E-state index is 11.9. The second-order valence-electron chi connectivity index (χ2n) is 4.06. The summed E-state index contributed by atoms with van der Waals surface area (Å²) in [5.41, 5.74) is 2.10. The second-order valence-corrected chi connectivity index (χ2v) is 4.95. The molecule has 0 unspecified atom stereocenters. The van der Waals surface area contributed by atoms with E-state index in [-0.39, 0.29) is 5.57 Å². The monoisotopic (exact) mass is 283 g/mol. The molecule has 1 aromatic heterocycles. The molecule has 0 bridgehead atoms. The molecule has 0 aliphatic heterocycles. The van der Waals surface area contributed by atoms with Crippen LogP contribution in [0.2, 0.25) is 0 Å². The van der Waals surface area contributed by atoms with Crippen molar-refractivity contribution in [1.29, 1.82) is 5.26 Å². The Kier molecular flexibility index (Phi) is 4.64. The molecule has 1 aromatic carbocycles. The summed E-state index contributed by atoms with van der Waals surface area (Å²) in [5, 5.41) is 13.9. The van der Waals surface area contributed by atoms with Crippen LogP contribution in [0.25, 0.3) is 6.08 Å². The van der Waals surface area contributed by atoms with Gasteiger partial charge in [0.1, 0.15) is 11.6 Å². The molecule has 0 saturated heterocycles. The van der Waals surface area contributed by atoms with Gasteiger partial charge in [-0.15, -0.1) is 11.3 Å². The van der Waals surface area contributed by atoms with E-state index in [1.54, 1.807) is 17.7 Å². The van der Waals surface area contributed by atoms with Crippen molar-refractivity contribution in [3.05, 3.63) is 52.5 Å². The summed E-state index contributed by atoms with van der Waals surface area (Å²) in [4.78, 5) is 15.9. The van der Waals surface area contributed by atoms with Crippen molar-refractivity contribution in [3.63, 3.8) is 0 Å². The molecule has 0 spiro atoms. The first-order valence-electron chi connectivity index (χ1n) is 6.14. The van der Waals surface area contributed by atoms with Gasteiger partial charge in [-0.2, -0.15) is 5.26 Å². The number of aryl methyl sites for hydroxylation is 1. The van der Waals surface area contributed by atoms with Crippen molar-refractivity contribution >= 4 is 28.5 Å². The van der Waals surface area contributed by atoms with E-state index in [9.17, 15) is 4.79 Å². The van der Waals surface area contributed by atoms with Crippen molar-refractivity contribution in [2.75, 3.05) is 5.32 Å². The SMILES string of the molecule is CCc1ccc(/C=C(\C#N)C(=O)Nc2nccs2)cc1. The third kappa shape index (κ3) is 3.53. The number of nitrogens with one attached hydrogen (secondary N) is 1. The summed E-state index contributed by atoms with van der Waals surface area (Å²) < 4.78 is 0. The highest BCUT2D eigenvalue weighted by Crippen LogP contribution is 2.14. The van der Waals surface area contributed by atoms with Crippen LogP contribution in [0.15, 0.2) is 41.4 Å². The molecule has 1 N–H and O–H groups in total. The minimum atomic E-state index is -0.443. The first kappa shape index (κ1) is 14.0. The number of aromatic nitrogens is 1. The van der Waals surface area contributed by atoms with E-state index in [2.05, 4.69) is 17.2 Å². The lowest BCUT2D eigenvalue weighted by Gasteiger charge is -2.01. The number of carbonyl (C=O) groups is 1. The van der Waals surface area contributed by atoms with Crippen LogP contribution in [-0.2, 0) is 11.2 Å². The molecule has 2 rings (SSSR count). The fraction of sp³-hybridized carbons (Fsp3) is 0.133. The van der Waals surface area contributed by atoms with Crippen LogP contribution in [0, 0.1) is 11.3 Å². The van der Waals surface area contributed by atoms with Crippen LogP contribution >= 0.6 is 11.3 Å². The first-order valence-corrected chi connectivity index (χ1v) is 7.02.